The minimum atomic E-state index is 0.0644. The first-order valence-corrected chi connectivity index (χ1v) is 10.3. The van der Waals surface area contributed by atoms with Crippen LogP contribution >= 0.6 is 0 Å². The molecule has 1 saturated heterocycles. The fourth-order valence-electron chi connectivity index (χ4n) is 4.55. The van der Waals surface area contributed by atoms with Crippen LogP contribution in [0.2, 0.25) is 0 Å². The van der Waals surface area contributed by atoms with Crippen molar-refractivity contribution in [2.75, 3.05) is 18.9 Å². The van der Waals surface area contributed by atoms with Crippen molar-refractivity contribution in [2.24, 2.45) is 0 Å². The van der Waals surface area contributed by atoms with Crippen molar-refractivity contribution >= 4 is 22.8 Å². The summed E-state index contributed by atoms with van der Waals surface area (Å²) >= 11 is 0. The van der Waals surface area contributed by atoms with E-state index in [2.05, 4.69) is 32.0 Å². The summed E-state index contributed by atoms with van der Waals surface area (Å²) in [5, 5.41) is 3.12. The molecule has 29 heavy (non-hydrogen) atoms. The van der Waals surface area contributed by atoms with Gasteiger partial charge in [-0.05, 0) is 55.4 Å². The van der Waals surface area contributed by atoms with Crippen molar-refractivity contribution < 1.29 is 9.53 Å². The van der Waals surface area contributed by atoms with E-state index >= 15 is 0 Å². The normalized spacial score (nSPS) is 16.8. The summed E-state index contributed by atoms with van der Waals surface area (Å²) < 4.78 is 7.54. The number of nitrogens with one attached hydrogen (secondary N) is 1. The van der Waals surface area contributed by atoms with Crippen LogP contribution in [-0.2, 0) is 28.8 Å². The number of hydrogen-bond donors (Lipinski definition) is 2. The number of aromatic nitrogens is 3. The summed E-state index contributed by atoms with van der Waals surface area (Å²) in [4.78, 5) is 21.1. The molecule has 3 N–H and O–H groups in total. The van der Waals surface area contributed by atoms with E-state index in [0.29, 0.717) is 12.2 Å². The van der Waals surface area contributed by atoms with Gasteiger partial charge in [0.2, 0.25) is 5.91 Å². The number of nitrogens with zero attached hydrogens (tertiary/aromatic N) is 3. The third-order valence-corrected chi connectivity index (χ3v) is 5.96. The predicted octanol–water partition coefficient (Wildman–Crippen LogP) is 2.33. The maximum absolute atomic E-state index is 12.4. The van der Waals surface area contributed by atoms with E-state index in [0.717, 1.165) is 67.6 Å². The van der Waals surface area contributed by atoms with Crippen LogP contribution in [0.1, 0.15) is 36.1 Å². The lowest BCUT2D eigenvalue weighted by molar-refractivity contribution is -0.121. The Kier molecular flexibility index (Phi) is 4.67. The zero-order valence-corrected chi connectivity index (χ0v) is 16.4. The van der Waals surface area contributed by atoms with Gasteiger partial charge in [-0.15, -0.1) is 0 Å². The van der Waals surface area contributed by atoms with E-state index in [4.69, 9.17) is 10.5 Å². The summed E-state index contributed by atoms with van der Waals surface area (Å²) in [7, 11) is 0. The molecule has 1 aliphatic heterocycles. The van der Waals surface area contributed by atoms with Crippen molar-refractivity contribution in [1.29, 1.82) is 0 Å². The molecular weight excluding hydrogens is 366 g/mol. The monoisotopic (exact) mass is 391 g/mol. The number of anilines is 1. The van der Waals surface area contributed by atoms with Gasteiger partial charge in [0.25, 0.3) is 0 Å². The summed E-state index contributed by atoms with van der Waals surface area (Å²) in [5.41, 5.74) is 12.7. The second kappa shape index (κ2) is 7.48. The Morgan fingerprint density at radius 2 is 1.97 bits per heavy atom. The van der Waals surface area contributed by atoms with Gasteiger partial charge in [0.15, 0.2) is 5.82 Å². The molecule has 7 heteroatoms. The summed E-state index contributed by atoms with van der Waals surface area (Å²) in [6.45, 7) is 1.45. The number of benzene rings is 1. The van der Waals surface area contributed by atoms with Gasteiger partial charge >= 0.3 is 0 Å². The van der Waals surface area contributed by atoms with Gasteiger partial charge in [-0.25, -0.2) is 9.97 Å². The van der Waals surface area contributed by atoms with Crippen LogP contribution in [0.15, 0.2) is 30.6 Å². The molecule has 150 valence electrons. The lowest BCUT2D eigenvalue weighted by Gasteiger charge is -2.23. The second-order valence-corrected chi connectivity index (χ2v) is 7.87. The second-order valence-electron chi connectivity index (χ2n) is 7.87. The number of carbonyl (C=O) groups is 1. The molecule has 1 amide bonds. The van der Waals surface area contributed by atoms with Gasteiger partial charge in [0.05, 0.1) is 11.9 Å². The van der Waals surface area contributed by atoms with Crippen LogP contribution in [0.3, 0.4) is 0 Å². The minimum Gasteiger partial charge on any atom is -0.382 e. The van der Waals surface area contributed by atoms with Gasteiger partial charge in [0.1, 0.15) is 11.8 Å². The highest BCUT2D eigenvalue weighted by molar-refractivity contribution is 5.91. The maximum atomic E-state index is 12.4. The number of ether oxygens (including phenoxy) is 1. The summed E-state index contributed by atoms with van der Waals surface area (Å²) in [6, 6.07) is 8.38. The van der Waals surface area contributed by atoms with E-state index in [1.807, 2.05) is 12.1 Å². The first-order chi connectivity index (χ1) is 14.2. The van der Waals surface area contributed by atoms with Crippen LogP contribution in [0.4, 0.5) is 5.82 Å². The molecule has 2 aliphatic rings. The smallest absolute Gasteiger partial charge is 0.224 e. The van der Waals surface area contributed by atoms with Gasteiger partial charge < -0.3 is 20.4 Å². The number of rotatable bonds is 4. The Bertz CT molecular complexity index is 1050. The highest BCUT2D eigenvalue weighted by Crippen LogP contribution is 2.36. The third-order valence-electron chi connectivity index (χ3n) is 5.96. The van der Waals surface area contributed by atoms with Crippen molar-refractivity contribution in [2.45, 2.75) is 44.6 Å². The van der Waals surface area contributed by atoms with Crippen molar-refractivity contribution in [3.8, 4) is 5.69 Å². The fraction of sp³-hybridized carbons (Fsp3) is 0.409. The quantitative estimate of drug-likeness (QED) is 0.712. The fourth-order valence-corrected chi connectivity index (χ4v) is 4.55. The van der Waals surface area contributed by atoms with E-state index in [1.54, 1.807) is 6.33 Å². The number of nitrogen functional groups attached to an aromatic ring is 1. The summed E-state index contributed by atoms with van der Waals surface area (Å²) in [6.07, 6.45) is 6.88. The van der Waals surface area contributed by atoms with E-state index in [1.165, 1.54) is 11.3 Å². The molecule has 7 nitrogen and oxygen atoms in total. The Labute approximate surface area is 169 Å². The molecule has 3 aromatic rings. The third kappa shape index (κ3) is 3.35. The molecule has 1 fully saturated rings. The predicted molar refractivity (Wildman–Crippen MR) is 111 cm³/mol. The molecule has 0 radical (unpaired) electrons. The van der Waals surface area contributed by atoms with Gasteiger partial charge in [-0.1, -0.05) is 12.1 Å². The molecule has 5 rings (SSSR count). The standard InChI is InChI=1S/C22H25N5O2/c23-22-21-20(24-13-25-22)17-2-1-3-18(17)27(21)16-6-4-14(5-7-16)12-19(28)26-15-8-10-29-11-9-15/h4-7,13,15H,1-3,8-12H2,(H,26,28)(H2,23,24,25). The number of fused-ring (bicyclic) bond motifs is 3. The van der Waals surface area contributed by atoms with Crippen LogP contribution in [0, 0.1) is 0 Å². The van der Waals surface area contributed by atoms with E-state index in [9.17, 15) is 4.79 Å². The van der Waals surface area contributed by atoms with Gasteiger partial charge in [-0.2, -0.15) is 0 Å². The van der Waals surface area contributed by atoms with Crippen LogP contribution in [0.25, 0.3) is 16.7 Å². The molecule has 1 aromatic carbocycles. The average molecular weight is 391 g/mol. The molecule has 2 aromatic heterocycles. The van der Waals surface area contributed by atoms with Crippen molar-refractivity contribution in [1.82, 2.24) is 19.9 Å². The highest BCUT2D eigenvalue weighted by atomic mass is 16.5. The SMILES string of the molecule is Nc1ncnc2c3c(n(-c4ccc(CC(=O)NC5CCOCC5)cc4)c12)CCC3. The zero-order chi connectivity index (χ0) is 19.8. The molecule has 0 saturated carbocycles. The van der Waals surface area contributed by atoms with E-state index < -0.39 is 0 Å². The van der Waals surface area contributed by atoms with Gasteiger partial charge in [-0.3, -0.25) is 4.79 Å². The van der Waals surface area contributed by atoms with Crippen LogP contribution < -0.4 is 11.1 Å². The molecular formula is C22H25N5O2. The first-order valence-electron chi connectivity index (χ1n) is 10.3. The number of amides is 1. The molecule has 1 aliphatic carbocycles. The Balaban J connectivity index is 1.39. The molecule has 3 heterocycles. The highest BCUT2D eigenvalue weighted by Gasteiger charge is 2.25. The van der Waals surface area contributed by atoms with Crippen LogP contribution in [0.5, 0.6) is 0 Å². The maximum Gasteiger partial charge on any atom is 0.224 e. The number of hydrogen-bond acceptors (Lipinski definition) is 5. The van der Waals surface area contributed by atoms with Gasteiger partial charge in [0, 0.05) is 30.6 Å². The topological polar surface area (TPSA) is 95.1 Å². The Morgan fingerprint density at radius 3 is 2.76 bits per heavy atom. The molecule has 0 unspecified atom stereocenters. The molecule has 0 spiro atoms. The number of nitrogens with two attached hydrogens (primary N) is 1. The van der Waals surface area contributed by atoms with Crippen molar-refractivity contribution in [3.05, 3.63) is 47.4 Å². The lowest BCUT2D eigenvalue weighted by Crippen LogP contribution is -2.39. The average Bonchev–Trinajstić information content (AvgIpc) is 3.31. The Hall–Kier alpha value is -2.93. The Morgan fingerprint density at radius 1 is 1.17 bits per heavy atom. The summed E-state index contributed by atoms with van der Waals surface area (Å²) in [5.74, 6) is 0.568. The zero-order valence-electron chi connectivity index (χ0n) is 16.4. The van der Waals surface area contributed by atoms with Crippen LogP contribution in [-0.4, -0.2) is 39.7 Å². The minimum absolute atomic E-state index is 0.0644. The largest absolute Gasteiger partial charge is 0.382 e. The van der Waals surface area contributed by atoms with Crippen molar-refractivity contribution in [3.63, 3.8) is 0 Å². The molecule has 0 bridgehead atoms. The van der Waals surface area contributed by atoms with E-state index in [-0.39, 0.29) is 11.9 Å². The molecule has 0 atom stereocenters. The lowest BCUT2D eigenvalue weighted by atomic mass is 10.1. The first kappa shape index (κ1) is 18.1. The number of aryl methyl sites for hydroxylation is 1. The number of carbonyl (C=O) groups excluding carboxylic acids is 1.